The number of Topliss-reactive ketones (excluding diaryl/α,β-unsaturated/α-hetero) is 2. The SMILES string of the molecule is Cc1sc(-c2ccc(Cl)cc2)nc1C1C(=O)[C@@H]2[C@H](C1=O)[C@@]1(C)CC[C@]2(C)O1. The highest BCUT2D eigenvalue weighted by Crippen LogP contribution is 2.62. The van der Waals surface area contributed by atoms with E-state index in [2.05, 4.69) is 0 Å². The fraction of sp³-hybridized carbons (Fsp3) is 0.476. The molecule has 5 rings (SSSR count). The van der Waals surface area contributed by atoms with Gasteiger partial charge in [-0.25, -0.2) is 4.98 Å². The molecular weight excluding hydrogens is 382 g/mol. The Labute approximate surface area is 166 Å². The van der Waals surface area contributed by atoms with Gasteiger partial charge in [0, 0.05) is 15.5 Å². The summed E-state index contributed by atoms with van der Waals surface area (Å²) in [7, 11) is 0. The van der Waals surface area contributed by atoms with Crippen molar-refractivity contribution in [2.75, 3.05) is 0 Å². The first-order chi connectivity index (χ1) is 12.7. The van der Waals surface area contributed by atoms with Crippen LogP contribution in [0.25, 0.3) is 10.6 Å². The van der Waals surface area contributed by atoms with Crippen molar-refractivity contribution in [1.82, 2.24) is 4.98 Å². The van der Waals surface area contributed by atoms with Crippen molar-refractivity contribution in [2.45, 2.75) is 50.7 Å². The number of thiazole rings is 1. The van der Waals surface area contributed by atoms with Crippen molar-refractivity contribution in [1.29, 1.82) is 0 Å². The first-order valence-electron chi connectivity index (χ1n) is 9.24. The molecule has 1 unspecified atom stereocenters. The molecule has 3 heterocycles. The molecule has 27 heavy (non-hydrogen) atoms. The Hall–Kier alpha value is -1.56. The lowest BCUT2D eigenvalue weighted by Gasteiger charge is -2.28. The molecule has 6 heteroatoms. The molecule has 3 fully saturated rings. The summed E-state index contributed by atoms with van der Waals surface area (Å²) in [5.74, 6) is -1.44. The summed E-state index contributed by atoms with van der Waals surface area (Å²) in [6.07, 6.45) is 1.67. The fourth-order valence-corrected chi connectivity index (χ4v) is 6.45. The maximum atomic E-state index is 13.3. The number of hydrogen-bond donors (Lipinski definition) is 0. The van der Waals surface area contributed by atoms with Crippen LogP contribution in [0.2, 0.25) is 5.02 Å². The highest BCUT2D eigenvalue weighted by molar-refractivity contribution is 7.15. The number of nitrogens with zero attached hydrogens (tertiary/aromatic N) is 1. The molecule has 3 aliphatic rings. The summed E-state index contributed by atoms with van der Waals surface area (Å²) in [5, 5.41) is 1.48. The summed E-state index contributed by atoms with van der Waals surface area (Å²) in [6, 6.07) is 7.46. The molecule has 2 aliphatic heterocycles. The van der Waals surface area contributed by atoms with E-state index in [1.54, 1.807) is 0 Å². The smallest absolute Gasteiger partial charge is 0.156 e. The summed E-state index contributed by atoms with van der Waals surface area (Å²) in [6.45, 7) is 5.92. The van der Waals surface area contributed by atoms with Gasteiger partial charge in [0.25, 0.3) is 0 Å². The van der Waals surface area contributed by atoms with Gasteiger partial charge in [0.05, 0.1) is 28.7 Å². The number of rotatable bonds is 2. The van der Waals surface area contributed by atoms with Crippen molar-refractivity contribution < 1.29 is 14.3 Å². The number of ketones is 2. The Morgan fingerprint density at radius 2 is 1.63 bits per heavy atom. The van der Waals surface area contributed by atoms with E-state index in [4.69, 9.17) is 21.3 Å². The van der Waals surface area contributed by atoms with Crippen LogP contribution in [-0.4, -0.2) is 27.8 Å². The molecule has 2 bridgehead atoms. The molecule has 0 N–H and O–H groups in total. The Morgan fingerprint density at radius 1 is 1.07 bits per heavy atom. The van der Waals surface area contributed by atoms with Crippen LogP contribution in [0.5, 0.6) is 0 Å². The molecule has 5 atom stereocenters. The van der Waals surface area contributed by atoms with Crippen molar-refractivity contribution in [2.24, 2.45) is 11.8 Å². The van der Waals surface area contributed by atoms with Crippen LogP contribution < -0.4 is 0 Å². The van der Waals surface area contributed by atoms with Crippen molar-refractivity contribution >= 4 is 34.5 Å². The topological polar surface area (TPSA) is 56.3 Å². The molecule has 0 spiro atoms. The van der Waals surface area contributed by atoms with E-state index < -0.39 is 17.1 Å². The maximum absolute atomic E-state index is 13.3. The summed E-state index contributed by atoms with van der Waals surface area (Å²) >= 11 is 7.49. The van der Waals surface area contributed by atoms with Crippen molar-refractivity contribution in [3.05, 3.63) is 39.9 Å². The standard InChI is InChI=1S/C21H20ClNO3S/c1-10-16(23-19(27-10)11-4-6-12(22)7-5-11)13-17(24)14-15(18(13)25)21(3)9-8-20(14,2)26-21/h4-7,13-15H,8-9H2,1-3H3/t13?,14-,15+,20-,21+. The monoisotopic (exact) mass is 401 g/mol. The van der Waals surface area contributed by atoms with Crippen molar-refractivity contribution in [3.63, 3.8) is 0 Å². The van der Waals surface area contributed by atoms with Crippen LogP contribution >= 0.6 is 22.9 Å². The van der Waals surface area contributed by atoms with Gasteiger partial charge < -0.3 is 4.74 Å². The molecule has 0 amide bonds. The lowest BCUT2D eigenvalue weighted by molar-refractivity contribution is -0.132. The van der Waals surface area contributed by atoms with Crippen LogP contribution in [0.3, 0.4) is 0 Å². The summed E-state index contributed by atoms with van der Waals surface area (Å²) < 4.78 is 6.18. The molecule has 1 aliphatic carbocycles. The zero-order valence-electron chi connectivity index (χ0n) is 15.4. The van der Waals surface area contributed by atoms with Gasteiger partial charge in [-0.1, -0.05) is 23.7 Å². The number of fused-ring (bicyclic) bond motifs is 5. The second kappa shape index (κ2) is 5.49. The van der Waals surface area contributed by atoms with Crippen LogP contribution in [0.1, 0.15) is 43.2 Å². The fourth-order valence-electron chi connectivity index (χ4n) is 5.37. The van der Waals surface area contributed by atoms with Crippen LogP contribution in [-0.2, 0) is 14.3 Å². The number of carbonyl (C=O) groups is 2. The Bertz CT molecular complexity index is 950. The van der Waals surface area contributed by atoms with Gasteiger partial charge in [0.15, 0.2) is 11.6 Å². The molecule has 140 valence electrons. The summed E-state index contributed by atoms with van der Waals surface area (Å²) in [5.41, 5.74) is 0.549. The van der Waals surface area contributed by atoms with Gasteiger partial charge in [-0.3, -0.25) is 9.59 Å². The van der Waals surface area contributed by atoms with Crippen LogP contribution in [0.15, 0.2) is 24.3 Å². The highest BCUT2D eigenvalue weighted by Gasteiger charge is 2.72. The first kappa shape index (κ1) is 17.5. The van der Waals surface area contributed by atoms with Crippen LogP contribution in [0.4, 0.5) is 0 Å². The Kier molecular flexibility index (Phi) is 3.57. The molecule has 0 radical (unpaired) electrons. The van der Waals surface area contributed by atoms with E-state index in [0.29, 0.717) is 10.7 Å². The second-order valence-corrected chi connectivity index (χ2v) is 10.0. The number of ether oxygens (including phenoxy) is 1. The number of aromatic nitrogens is 1. The molecular formula is C21H20ClNO3S. The van der Waals surface area contributed by atoms with Gasteiger partial charge in [0.2, 0.25) is 0 Å². The molecule has 1 aromatic carbocycles. The molecule has 1 saturated carbocycles. The minimum Gasteiger partial charge on any atom is -0.368 e. The van der Waals surface area contributed by atoms with Gasteiger partial charge in [0.1, 0.15) is 10.9 Å². The van der Waals surface area contributed by atoms with E-state index in [-0.39, 0.29) is 23.4 Å². The third-order valence-corrected chi connectivity index (χ3v) is 7.90. The Morgan fingerprint density at radius 3 is 2.19 bits per heavy atom. The molecule has 1 aromatic heterocycles. The number of aryl methyl sites for hydroxylation is 1. The van der Waals surface area contributed by atoms with Gasteiger partial charge in [-0.05, 0) is 45.7 Å². The lowest BCUT2D eigenvalue weighted by atomic mass is 9.69. The van der Waals surface area contributed by atoms with E-state index in [9.17, 15) is 9.59 Å². The normalized spacial score (nSPS) is 37.3. The van der Waals surface area contributed by atoms with E-state index >= 15 is 0 Å². The first-order valence-corrected chi connectivity index (χ1v) is 10.4. The van der Waals surface area contributed by atoms with Crippen LogP contribution in [0, 0.1) is 18.8 Å². The average molecular weight is 402 g/mol. The van der Waals surface area contributed by atoms with E-state index in [1.807, 2.05) is 45.0 Å². The largest absolute Gasteiger partial charge is 0.368 e. The number of benzene rings is 1. The maximum Gasteiger partial charge on any atom is 0.156 e. The van der Waals surface area contributed by atoms with E-state index in [1.165, 1.54) is 11.3 Å². The Balaban J connectivity index is 1.56. The van der Waals surface area contributed by atoms with Crippen molar-refractivity contribution in [3.8, 4) is 10.6 Å². The number of carbonyl (C=O) groups excluding carboxylic acids is 2. The van der Waals surface area contributed by atoms with Gasteiger partial charge in [-0.15, -0.1) is 11.3 Å². The molecule has 2 saturated heterocycles. The average Bonchev–Trinajstić information content (AvgIpc) is 3.28. The third-order valence-electron chi connectivity index (χ3n) is 6.61. The zero-order valence-corrected chi connectivity index (χ0v) is 17.0. The molecule has 2 aromatic rings. The van der Waals surface area contributed by atoms with Gasteiger partial charge in [-0.2, -0.15) is 0 Å². The lowest BCUT2D eigenvalue weighted by Crippen LogP contribution is -2.40. The highest BCUT2D eigenvalue weighted by atomic mass is 35.5. The second-order valence-electron chi connectivity index (χ2n) is 8.39. The predicted octanol–water partition coefficient (Wildman–Crippen LogP) is 4.58. The quantitative estimate of drug-likeness (QED) is 0.691. The number of hydrogen-bond acceptors (Lipinski definition) is 5. The predicted molar refractivity (Wildman–Crippen MR) is 104 cm³/mol. The number of halogens is 1. The zero-order chi connectivity index (χ0) is 19.1. The third kappa shape index (κ3) is 2.28. The summed E-state index contributed by atoms with van der Waals surface area (Å²) in [4.78, 5) is 32.3. The minimum absolute atomic E-state index is 0.00742. The minimum atomic E-state index is -0.752. The van der Waals surface area contributed by atoms with E-state index in [0.717, 1.165) is 28.3 Å². The van der Waals surface area contributed by atoms with Gasteiger partial charge >= 0.3 is 0 Å². The molecule has 4 nitrogen and oxygen atoms in total.